The quantitative estimate of drug-likeness (QED) is 0.0910. The summed E-state index contributed by atoms with van der Waals surface area (Å²) in [4.78, 5) is 69.5. The molecule has 1 unspecified atom stereocenters. The van der Waals surface area contributed by atoms with Gasteiger partial charge in [0.1, 0.15) is 24.7 Å². The zero-order valence-corrected chi connectivity index (χ0v) is 25.8. The molecule has 0 spiro atoms. The molecule has 0 saturated carbocycles. The van der Waals surface area contributed by atoms with Crippen molar-refractivity contribution in [3.8, 4) is 11.5 Å². The Morgan fingerprint density at radius 1 is 0.745 bits per heavy atom. The second kappa shape index (κ2) is 15.8. The summed E-state index contributed by atoms with van der Waals surface area (Å²) in [6.45, 7) is -1.22. The van der Waals surface area contributed by atoms with Gasteiger partial charge in [-0.15, -0.1) is 0 Å². The van der Waals surface area contributed by atoms with E-state index in [1.807, 2.05) is 0 Å². The molecule has 0 heterocycles. The molecule has 47 heavy (non-hydrogen) atoms. The first-order valence-electron chi connectivity index (χ1n) is 14.4. The van der Waals surface area contributed by atoms with Crippen molar-refractivity contribution >= 4 is 41.0 Å². The number of ether oxygens (including phenoxy) is 3. The summed E-state index contributed by atoms with van der Waals surface area (Å²) in [5.74, 6) is -2.63. The topological polar surface area (TPSA) is 158 Å². The molecule has 0 aliphatic carbocycles. The zero-order chi connectivity index (χ0) is 33.8. The highest BCUT2D eigenvalue weighted by Gasteiger charge is 2.47. The minimum atomic E-state index is -2.59. The number of ketones is 1. The molecular formula is C35H34N4O8. The van der Waals surface area contributed by atoms with Crippen molar-refractivity contribution in [1.82, 2.24) is 5.32 Å². The number of para-hydroxylation sites is 3. The zero-order valence-electron chi connectivity index (χ0n) is 25.8. The lowest BCUT2D eigenvalue weighted by Gasteiger charge is -2.33. The van der Waals surface area contributed by atoms with Gasteiger partial charge in [-0.3, -0.25) is 14.4 Å². The number of likely N-dealkylation sites (N-methyl/N-ethyl adjacent to an activating group) is 1. The minimum absolute atomic E-state index is 0.0721. The molecule has 0 aromatic heterocycles. The first-order chi connectivity index (χ1) is 22.6. The summed E-state index contributed by atoms with van der Waals surface area (Å²) in [6, 6.07) is 29.9. The van der Waals surface area contributed by atoms with Crippen molar-refractivity contribution in [2.24, 2.45) is 5.73 Å². The van der Waals surface area contributed by atoms with Crippen molar-refractivity contribution < 1.29 is 38.2 Å². The molecule has 0 saturated heterocycles. The van der Waals surface area contributed by atoms with E-state index in [0.717, 1.165) is 4.90 Å². The number of esters is 1. The molecule has 1 atom stereocenters. The van der Waals surface area contributed by atoms with Crippen LogP contribution in [0.3, 0.4) is 0 Å². The number of methoxy groups -OCH3 is 1. The van der Waals surface area contributed by atoms with Crippen molar-refractivity contribution in [3.05, 3.63) is 121 Å². The normalized spacial score (nSPS) is 11.8. The third kappa shape index (κ3) is 9.02. The fourth-order valence-electron chi connectivity index (χ4n) is 4.54. The number of Topliss-reactive ketones (excluding diaryl/α,β-unsaturated/α-hetero) is 1. The summed E-state index contributed by atoms with van der Waals surface area (Å²) in [5.41, 5.74) is 3.99. The van der Waals surface area contributed by atoms with Gasteiger partial charge in [-0.25, -0.2) is 9.59 Å². The molecule has 0 radical (unpaired) electrons. The number of rotatable bonds is 14. The molecule has 0 fully saturated rings. The van der Waals surface area contributed by atoms with Crippen molar-refractivity contribution in [2.45, 2.75) is 12.1 Å². The molecule has 4 amide bonds. The number of hydrogen-bond donors (Lipinski definition) is 2. The van der Waals surface area contributed by atoms with Crippen molar-refractivity contribution in [3.63, 3.8) is 0 Å². The molecule has 0 aliphatic heterocycles. The van der Waals surface area contributed by atoms with Crippen LogP contribution in [0.25, 0.3) is 0 Å². The third-order valence-electron chi connectivity index (χ3n) is 7.03. The molecule has 0 bridgehead atoms. The number of benzene rings is 4. The number of primary amides is 1. The molecule has 3 N–H and O–H groups in total. The van der Waals surface area contributed by atoms with Gasteiger partial charge in [0.15, 0.2) is 5.78 Å². The first kappa shape index (κ1) is 33.9. The van der Waals surface area contributed by atoms with Crippen LogP contribution < -0.4 is 30.3 Å². The number of urea groups is 1. The lowest BCUT2D eigenvalue weighted by molar-refractivity contribution is -0.167. The van der Waals surface area contributed by atoms with Gasteiger partial charge >= 0.3 is 12.0 Å². The highest BCUT2D eigenvalue weighted by Crippen LogP contribution is 2.24. The van der Waals surface area contributed by atoms with E-state index in [2.05, 4.69) is 5.32 Å². The van der Waals surface area contributed by atoms with Gasteiger partial charge in [-0.1, -0.05) is 66.7 Å². The maximum Gasteiger partial charge on any atom is 0.365 e. The Morgan fingerprint density at radius 2 is 1.32 bits per heavy atom. The van der Waals surface area contributed by atoms with E-state index in [1.54, 1.807) is 98.0 Å². The number of carbonyl (C=O) groups is 5. The van der Waals surface area contributed by atoms with Gasteiger partial charge in [-0.05, 0) is 48.5 Å². The van der Waals surface area contributed by atoms with Gasteiger partial charge in [0.05, 0.1) is 13.5 Å². The van der Waals surface area contributed by atoms with Crippen molar-refractivity contribution in [1.29, 1.82) is 0 Å². The molecule has 0 aliphatic rings. The van der Waals surface area contributed by atoms with Gasteiger partial charge in [-0.2, -0.15) is 0 Å². The van der Waals surface area contributed by atoms with Gasteiger partial charge in [0.2, 0.25) is 11.8 Å². The van der Waals surface area contributed by atoms with E-state index in [1.165, 1.54) is 36.3 Å². The average Bonchev–Trinajstić information content (AvgIpc) is 3.09. The van der Waals surface area contributed by atoms with Gasteiger partial charge in [0.25, 0.3) is 5.72 Å². The maximum absolute atomic E-state index is 14.2. The van der Waals surface area contributed by atoms with Crippen LogP contribution in [-0.4, -0.2) is 62.6 Å². The Labute approximate surface area is 271 Å². The van der Waals surface area contributed by atoms with Gasteiger partial charge in [0, 0.05) is 24.0 Å². The van der Waals surface area contributed by atoms with E-state index in [0.29, 0.717) is 17.1 Å². The Hall–Kier alpha value is -6.01. The smallest absolute Gasteiger partial charge is 0.365 e. The van der Waals surface area contributed by atoms with E-state index >= 15 is 0 Å². The molecular weight excluding hydrogens is 604 g/mol. The number of anilines is 2. The van der Waals surface area contributed by atoms with Crippen LogP contribution in [0.2, 0.25) is 0 Å². The summed E-state index contributed by atoms with van der Waals surface area (Å²) in [6.07, 6.45) is -0.899. The van der Waals surface area contributed by atoms with Crippen LogP contribution in [0.4, 0.5) is 16.2 Å². The summed E-state index contributed by atoms with van der Waals surface area (Å²) < 4.78 is 16.5. The molecule has 4 aromatic carbocycles. The third-order valence-corrected chi connectivity index (χ3v) is 7.03. The fraction of sp³-hybridized carbons (Fsp3) is 0.171. The van der Waals surface area contributed by atoms with Crippen LogP contribution in [0.5, 0.6) is 11.5 Å². The Bertz CT molecular complexity index is 1700. The van der Waals surface area contributed by atoms with E-state index in [9.17, 15) is 24.0 Å². The van der Waals surface area contributed by atoms with Crippen LogP contribution in [0.1, 0.15) is 16.8 Å². The van der Waals surface area contributed by atoms with Gasteiger partial charge < -0.3 is 35.1 Å². The SMILES string of the molecule is COc1cccc(C(=O)COC(CC(=O)N(CC(=O)N(C)c2ccccc2)c2ccccc2)(NC(N)=O)C(=O)Oc2ccccc2)c1. The Kier molecular flexibility index (Phi) is 11.4. The summed E-state index contributed by atoms with van der Waals surface area (Å²) in [7, 11) is 3.00. The van der Waals surface area contributed by atoms with E-state index in [-0.39, 0.29) is 11.3 Å². The van der Waals surface area contributed by atoms with E-state index in [4.69, 9.17) is 19.9 Å². The number of carbonyl (C=O) groups excluding carboxylic acids is 5. The monoisotopic (exact) mass is 638 g/mol. The number of amides is 4. The number of nitrogens with one attached hydrogen (secondary N) is 1. The summed E-state index contributed by atoms with van der Waals surface area (Å²) in [5, 5.41) is 2.20. The predicted molar refractivity (Wildman–Crippen MR) is 174 cm³/mol. The Balaban J connectivity index is 1.69. The Morgan fingerprint density at radius 3 is 1.91 bits per heavy atom. The maximum atomic E-state index is 14.2. The van der Waals surface area contributed by atoms with Crippen LogP contribution in [0.15, 0.2) is 115 Å². The van der Waals surface area contributed by atoms with Crippen LogP contribution in [0, 0.1) is 0 Å². The molecule has 4 aromatic rings. The molecule has 12 nitrogen and oxygen atoms in total. The molecule has 4 rings (SSSR count). The van der Waals surface area contributed by atoms with Crippen LogP contribution in [-0.2, 0) is 19.1 Å². The highest BCUT2D eigenvalue weighted by atomic mass is 16.6. The number of nitrogens with two attached hydrogens (primary N) is 1. The van der Waals surface area contributed by atoms with E-state index < -0.39 is 54.9 Å². The van der Waals surface area contributed by atoms with Crippen molar-refractivity contribution in [2.75, 3.05) is 37.1 Å². The standard InChI is InChI=1S/C35H34N4O8/c1-38(26-14-6-3-7-15-26)32(42)23-39(27-16-8-4-9-17-27)31(41)22-35(37-34(36)44,33(43)47-28-18-10-5-11-19-28)46-24-30(40)25-13-12-20-29(21-25)45-2/h3-21H,22-24H2,1-2H3,(H3,36,37,44). The number of hydrogen-bond acceptors (Lipinski definition) is 8. The predicted octanol–water partition coefficient (Wildman–Crippen LogP) is 3.95. The number of nitrogens with zero attached hydrogens (tertiary/aromatic N) is 2. The fourth-order valence-corrected chi connectivity index (χ4v) is 4.54. The largest absolute Gasteiger partial charge is 0.497 e. The minimum Gasteiger partial charge on any atom is -0.497 e. The average molecular weight is 639 g/mol. The highest BCUT2D eigenvalue weighted by molar-refractivity contribution is 6.05. The lowest BCUT2D eigenvalue weighted by atomic mass is 10.1. The van der Waals surface area contributed by atoms with Crippen LogP contribution >= 0.6 is 0 Å². The second-order valence-electron chi connectivity index (χ2n) is 10.2. The summed E-state index contributed by atoms with van der Waals surface area (Å²) >= 11 is 0. The molecule has 242 valence electrons. The second-order valence-corrected chi connectivity index (χ2v) is 10.2. The lowest BCUT2D eigenvalue weighted by Crippen LogP contribution is -2.62. The first-order valence-corrected chi connectivity index (χ1v) is 14.4. The molecule has 12 heteroatoms.